The third kappa shape index (κ3) is 5.25. The summed E-state index contributed by atoms with van der Waals surface area (Å²) in [5.74, 6) is 0.112. The Labute approximate surface area is 225 Å². The second-order valence-electron chi connectivity index (χ2n) is 9.89. The van der Waals surface area contributed by atoms with Crippen molar-refractivity contribution in [2.75, 3.05) is 14.2 Å². The number of Topliss-reactive ketones (excluding diaryl/α,β-unsaturated/α-hetero) is 1. The number of benzene rings is 1. The van der Waals surface area contributed by atoms with E-state index in [-0.39, 0.29) is 30.4 Å². The van der Waals surface area contributed by atoms with Gasteiger partial charge in [0.15, 0.2) is 5.78 Å². The van der Waals surface area contributed by atoms with Crippen LogP contribution in [0.15, 0.2) is 41.1 Å². The SMILES string of the molecule is COc1cc(OC)c(CCC2(C3CCCC3)CC(=O)C(Cc3nc(-c4ccccn4)no3)C(=O)O2)cc1Cl. The van der Waals surface area contributed by atoms with Crippen molar-refractivity contribution in [3.63, 3.8) is 0 Å². The summed E-state index contributed by atoms with van der Waals surface area (Å²) < 4.78 is 22.4. The third-order valence-electron chi connectivity index (χ3n) is 7.66. The van der Waals surface area contributed by atoms with Crippen LogP contribution in [0.3, 0.4) is 0 Å². The molecule has 3 heterocycles. The Hall–Kier alpha value is -3.46. The second-order valence-corrected chi connectivity index (χ2v) is 10.3. The monoisotopic (exact) mass is 539 g/mol. The molecule has 1 aromatic carbocycles. The highest BCUT2D eigenvalue weighted by molar-refractivity contribution is 6.32. The van der Waals surface area contributed by atoms with Crippen molar-refractivity contribution < 1.29 is 28.3 Å². The van der Waals surface area contributed by atoms with Crippen LogP contribution >= 0.6 is 11.6 Å². The summed E-state index contributed by atoms with van der Waals surface area (Å²) in [6, 6.07) is 8.92. The van der Waals surface area contributed by atoms with Gasteiger partial charge in [0.2, 0.25) is 11.7 Å². The van der Waals surface area contributed by atoms with E-state index in [9.17, 15) is 9.59 Å². The van der Waals surface area contributed by atoms with Crippen LogP contribution in [-0.4, -0.2) is 46.7 Å². The Morgan fingerprint density at radius 3 is 2.58 bits per heavy atom. The van der Waals surface area contributed by atoms with Crippen molar-refractivity contribution in [3.05, 3.63) is 53.0 Å². The molecule has 2 unspecified atom stereocenters. The molecule has 1 saturated carbocycles. The van der Waals surface area contributed by atoms with Gasteiger partial charge in [0, 0.05) is 25.1 Å². The van der Waals surface area contributed by atoms with E-state index in [1.165, 1.54) is 0 Å². The average Bonchev–Trinajstić information content (AvgIpc) is 3.63. The molecular formula is C28H30ClN3O6. The normalized spacial score (nSPS) is 21.9. The summed E-state index contributed by atoms with van der Waals surface area (Å²) in [4.78, 5) is 35.3. The number of esters is 1. The quantitative estimate of drug-likeness (QED) is 0.272. The molecule has 0 spiro atoms. The maximum absolute atomic E-state index is 13.5. The number of aryl methyl sites for hydroxylation is 1. The summed E-state index contributed by atoms with van der Waals surface area (Å²) in [7, 11) is 3.14. The van der Waals surface area contributed by atoms with Gasteiger partial charge in [-0.2, -0.15) is 4.98 Å². The number of carbonyl (C=O) groups is 2. The molecule has 38 heavy (non-hydrogen) atoms. The summed E-state index contributed by atoms with van der Waals surface area (Å²) in [5.41, 5.74) is 0.551. The lowest BCUT2D eigenvalue weighted by molar-refractivity contribution is -0.185. The number of halogens is 1. The van der Waals surface area contributed by atoms with Crippen LogP contribution in [-0.2, 0) is 27.2 Å². The van der Waals surface area contributed by atoms with Crippen molar-refractivity contribution in [2.24, 2.45) is 11.8 Å². The number of ether oxygens (including phenoxy) is 3. The number of nitrogens with zero attached hydrogens (tertiary/aromatic N) is 3. The Bertz CT molecular complexity index is 1290. The predicted molar refractivity (Wildman–Crippen MR) is 138 cm³/mol. The molecule has 3 aromatic rings. The third-order valence-corrected chi connectivity index (χ3v) is 7.96. The van der Waals surface area contributed by atoms with Gasteiger partial charge < -0.3 is 18.7 Å². The molecule has 200 valence electrons. The van der Waals surface area contributed by atoms with Crippen LogP contribution in [0.2, 0.25) is 5.02 Å². The van der Waals surface area contributed by atoms with Crippen LogP contribution in [0.5, 0.6) is 11.5 Å². The Morgan fingerprint density at radius 2 is 1.89 bits per heavy atom. The van der Waals surface area contributed by atoms with Crippen LogP contribution in [0, 0.1) is 11.8 Å². The molecule has 0 N–H and O–H groups in total. The van der Waals surface area contributed by atoms with Crippen LogP contribution in [0.25, 0.3) is 11.5 Å². The van der Waals surface area contributed by atoms with Crippen LogP contribution in [0.4, 0.5) is 0 Å². The number of hydrogen-bond acceptors (Lipinski definition) is 9. The Kier molecular flexibility index (Phi) is 7.65. The lowest BCUT2D eigenvalue weighted by atomic mass is 9.73. The summed E-state index contributed by atoms with van der Waals surface area (Å²) >= 11 is 6.38. The standard InChI is InChI=1S/C28H30ClN3O6/c1-35-23-15-24(36-2)20(29)13-17(23)10-11-28(18-7-3-4-8-18)16-22(33)19(27(34)37-28)14-25-31-26(32-38-25)21-9-5-6-12-30-21/h5-6,9,12-13,15,18-19H,3-4,7-8,10-11,14,16H2,1-2H3. The molecule has 0 radical (unpaired) electrons. The van der Waals surface area contributed by atoms with Crippen molar-refractivity contribution >= 4 is 23.4 Å². The van der Waals surface area contributed by atoms with Crippen molar-refractivity contribution in [1.29, 1.82) is 0 Å². The second kappa shape index (κ2) is 11.1. The molecule has 1 aliphatic heterocycles. The largest absolute Gasteiger partial charge is 0.496 e. The zero-order chi connectivity index (χ0) is 26.7. The fraction of sp³-hybridized carbons (Fsp3) is 0.464. The molecule has 10 heteroatoms. The van der Waals surface area contributed by atoms with Crippen LogP contribution in [0.1, 0.15) is 50.0 Å². The smallest absolute Gasteiger partial charge is 0.317 e. The molecule has 1 aliphatic carbocycles. The van der Waals surface area contributed by atoms with E-state index in [1.807, 2.05) is 12.1 Å². The average molecular weight is 540 g/mol. The van der Waals surface area contributed by atoms with Gasteiger partial charge in [0.1, 0.15) is 28.7 Å². The zero-order valence-corrected chi connectivity index (χ0v) is 22.2. The van der Waals surface area contributed by atoms with E-state index in [4.69, 9.17) is 30.3 Å². The molecule has 0 amide bonds. The fourth-order valence-electron chi connectivity index (χ4n) is 5.65. The maximum atomic E-state index is 13.5. The van der Waals surface area contributed by atoms with E-state index in [2.05, 4.69) is 15.1 Å². The number of cyclic esters (lactones) is 1. The van der Waals surface area contributed by atoms with Gasteiger partial charge in [0.05, 0.1) is 19.2 Å². The van der Waals surface area contributed by atoms with Crippen molar-refractivity contribution in [3.8, 4) is 23.0 Å². The minimum Gasteiger partial charge on any atom is -0.496 e. The van der Waals surface area contributed by atoms with E-state index >= 15 is 0 Å². The first-order chi connectivity index (χ1) is 18.4. The van der Waals surface area contributed by atoms with E-state index in [1.54, 1.807) is 38.6 Å². The zero-order valence-electron chi connectivity index (χ0n) is 21.4. The number of pyridine rings is 1. The van der Waals surface area contributed by atoms with E-state index in [0.717, 1.165) is 31.2 Å². The Morgan fingerprint density at radius 1 is 1.11 bits per heavy atom. The summed E-state index contributed by atoms with van der Waals surface area (Å²) in [5, 5.41) is 4.42. The lowest BCUT2D eigenvalue weighted by Crippen LogP contribution is -2.52. The van der Waals surface area contributed by atoms with E-state index in [0.29, 0.717) is 40.9 Å². The number of ketones is 1. The highest BCUT2D eigenvalue weighted by Gasteiger charge is 2.51. The van der Waals surface area contributed by atoms with Gasteiger partial charge in [-0.25, -0.2) is 0 Å². The molecule has 2 aromatic heterocycles. The first-order valence-electron chi connectivity index (χ1n) is 12.8. The molecule has 9 nitrogen and oxygen atoms in total. The topological polar surface area (TPSA) is 114 Å². The highest BCUT2D eigenvalue weighted by atomic mass is 35.5. The van der Waals surface area contributed by atoms with Crippen molar-refractivity contribution in [2.45, 2.75) is 57.0 Å². The molecule has 0 bridgehead atoms. The van der Waals surface area contributed by atoms with E-state index < -0.39 is 17.5 Å². The van der Waals surface area contributed by atoms with Gasteiger partial charge in [-0.1, -0.05) is 35.7 Å². The Balaban J connectivity index is 1.34. The van der Waals surface area contributed by atoms with Crippen LogP contribution < -0.4 is 9.47 Å². The molecule has 1 saturated heterocycles. The van der Waals surface area contributed by atoms with Gasteiger partial charge in [-0.05, 0) is 55.4 Å². The maximum Gasteiger partial charge on any atom is 0.317 e. The number of hydrogen-bond donors (Lipinski definition) is 0. The lowest BCUT2D eigenvalue weighted by Gasteiger charge is -2.43. The minimum atomic E-state index is -0.980. The van der Waals surface area contributed by atoms with Gasteiger partial charge >= 0.3 is 5.97 Å². The first-order valence-corrected chi connectivity index (χ1v) is 13.2. The molecule has 5 rings (SSSR count). The van der Waals surface area contributed by atoms with Crippen molar-refractivity contribution in [1.82, 2.24) is 15.1 Å². The number of rotatable bonds is 9. The fourth-order valence-corrected chi connectivity index (χ4v) is 5.92. The highest BCUT2D eigenvalue weighted by Crippen LogP contribution is 2.46. The first kappa shape index (κ1) is 26.2. The number of carbonyl (C=O) groups excluding carboxylic acids is 2. The molecule has 2 atom stereocenters. The van der Waals surface area contributed by atoms with Gasteiger partial charge in [-0.3, -0.25) is 14.6 Å². The summed E-state index contributed by atoms with van der Waals surface area (Å²) in [6.45, 7) is 0. The molecular weight excluding hydrogens is 510 g/mol. The predicted octanol–water partition coefficient (Wildman–Crippen LogP) is 5.04. The summed E-state index contributed by atoms with van der Waals surface area (Å²) in [6.07, 6.45) is 6.75. The van der Waals surface area contributed by atoms with Gasteiger partial charge in [-0.15, -0.1) is 0 Å². The molecule has 2 fully saturated rings. The minimum absolute atomic E-state index is 0.000156. The number of aromatic nitrogens is 3. The molecule has 2 aliphatic rings. The number of methoxy groups -OCH3 is 2. The van der Waals surface area contributed by atoms with Gasteiger partial charge in [0.25, 0.3) is 0 Å².